The Kier molecular flexibility index (Phi) is 3.17. The van der Waals surface area contributed by atoms with Crippen LogP contribution < -0.4 is 5.73 Å². The molecule has 1 aromatic rings. The molecule has 3 nitrogen and oxygen atoms in total. The smallest absolute Gasteiger partial charge is 0.222 e. The summed E-state index contributed by atoms with van der Waals surface area (Å²) in [5, 5.41) is 1.68. The van der Waals surface area contributed by atoms with Crippen LogP contribution in [-0.2, 0) is 0 Å². The Hall–Kier alpha value is -0.480. The second-order valence-electron chi connectivity index (χ2n) is 2.55. The van der Waals surface area contributed by atoms with Crippen molar-refractivity contribution in [2.75, 3.05) is 5.73 Å². The Morgan fingerprint density at radius 1 is 1.50 bits per heavy atom. The molecule has 0 atom stereocenters. The van der Waals surface area contributed by atoms with Crippen molar-refractivity contribution < 1.29 is 0 Å². The Morgan fingerprint density at radius 3 is 2.67 bits per heavy atom. The van der Waals surface area contributed by atoms with Gasteiger partial charge in [-0.3, -0.25) is 0 Å². The second-order valence-corrected chi connectivity index (χ2v) is 4.54. The number of thioether (sulfide) groups is 1. The van der Waals surface area contributed by atoms with E-state index in [0.717, 1.165) is 5.03 Å². The molecule has 0 aliphatic rings. The number of rotatable bonds is 2. The third kappa shape index (κ3) is 2.87. The number of nitrogens with zero attached hydrogens (tertiary/aromatic N) is 2. The predicted octanol–water partition coefficient (Wildman–Crippen LogP) is 2.21. The fourth-order valence-electron chi connectivity index (χ4n) is 0.716. The standard InChI is InChI=1S/C7H10ClN3S/c1-4(2)12-6-3-5(8)10-7(9)11-6/h3-4H,1-2H3,(H2,9,10,11). The van der Waals surface area contributed by atoms with Crippen molar-refractivity contribution in [3.05, 3.63) is 11.2 Å². The number of hydrogen-bond donors (Lipinski definition) is 1. The highest BCUT2D eigenvalue weighted by Gasteiger charge is 2.02. The van der Waals surface area contributed by atoms with E-state index in [9.17, 15) is 0 Å². The maximum Gasteiger partial charge on any atom is 0.222 e. The highest BCUT2D eigenvalue weighted by atomic mass is 35.5. The van der Waals surface area contributed by atoms with Crippen molar-refractivity contribution in [2.45, 2.75) is 24.1 Å². The molecule has 2 N–H and O–H groups in total. The van der Waals surface area contributed by atoms with Gasteiger partial charge in [0.1, 0.15) is 10.2 Å². The zero-order valence-electron chi connectivity index (χ0n) is 6.91. The Balaban J connectivity index is 2.85. The van der Waals surface area contributed by atoms with Crippen LogP contribution in [-0.4, -0.2) is 15.2 Å². The molecule has 66 valence electrons. The van der Waals surface area contributed by atoms with E-state index in [-0.39, 0.29) is 5.95 Å². The van der Waals surface area contributed by atoms with E-state index in [1.54, 1.807) is 17.8 Å². The van der Waals surface area contributed by atoms with E-state index in [0.29, 0.717) is 10.4 Å². The van der Waals surface area contributed by atoms with Crippen molar-refractivity contribution >= 4 is 29.3 Å². The van der Waals surface area contributed by atoms with Gasteiger partial charge in [0, 0.05) is 11.3 Å². The molecule has 5 heteroatoms. The molecule has 0 aliphatic carbocycles. The van der Waals surface area contributed by atoms with E-state index < -0.39 is 0 Å². The van der Waals surface area contributed by atoms with E-state index >= 15 is 0 Å². The lowest BCUT2D eigenvalue weighted by Gasteiger charge is -2.03. The number of nitrogen functional groups attached to an aromatic ring is 1. The molecule has 0 saturated carbocycles. The summed E-state index contributed by atoms with van der Waals surface area (Å²) in [6.07, 6.45) is 0. The molecule has 0 unspecified atom stereocenters. The first-order chi connectivity index (χ1) is 5.58. The van der Waals surface area contributed by atoms with Crippen LogP contribution in [0.15, 0.2) is 11.1 Å². The highest BCUT2D eigenvalue weighted by molar-refractivity contribution is 7.99. The fraction of sp³-hybridized carbons (Fsp3) is 0.429. The van der Waals surface area contributed by atoms with E-state index in [1.807, 2.05) is 0 Å². The monoisotopic (exact) mass is 203 g/mol. The third-order valence-corrected chi connectivity index (χ3v) is 2.16. The largest absolute Gasteiger partial charge is 0.368 e. The maximum atomic E-state index is 5.69. The first-order valence-electron chi connectivity index (χ1n) is 3.54. The van der Waals surface area contributed by atoms with E-state index in [4.69, 9.17) is 17.3 Å². The van der Waals surface area contributed by atoms with Gasteiger partial charge in [0.15, 0.2) is 0 Å². The molecule has 0 fully saturated rings. The van der Waals surface area contributed by atoms with E-state index in [1.165, 1.54) is 0 Å². The topological polar surface area (TPSA) is 51.8 Å². The average molecular weight is 204 g/mol. The molecule has 0 saturated heterocycles. The molecule has 0 spiro atoms. The summed E-state index contributed by atoms with van der Waals surface area (Å²) in [5.41, 5.74) is 5.42. The van der Waals surface area contributed by atoms with Crippen LogP contribution >= 0.6 is 23.4 Å². The van der Waals surface area contributed by atoms with Crippen LogP contribution in [0.5, 0.6) is 0 Å². The molecule has 1 heterocycles. The van der Waals surface area contributed by atoms with Crippen molar-refractivity contribution in [2.24, 2.45) is 0 Å². The maximum absolute atomic E-state index is 5.69. The molecular weight excluding hydrogens is 194 g/mol. The zero-order valence-corrected chi connectivity index (χ0v) is 8.49. The first kappa shape index (κ1) is 9.61. The predicted molar refractivity (Wildman–Crippen MR) is 52.4 cm³/mol. The lowest BCUT2D eigenvalue weighted by molar-refractivity contribution is 1.04. The van der Waals surface area contributed by atoms with Crippen molar-refractivity contribution in [3.8, 4) is 0 Å². The number of anilines is 1. The Morgan fingerprint density at radius 2 is 2.17 bits per heavy atom. The number of halogens is 1. The van der Waals surface area contributed by atoms with Gasteiger partial charge in [-0.2, -0.15) is 0 Å². The summed E-state index contributed by atoms with van der Waals surface area (Å²) in [6, 6.07) is 1.71. The lowest BCUT2D eigenvalue weighted by atomic mass is 10.6. The van der Waals surface area contributed by atoms with Gasteiger partial charge in [0.25, 0.3) is 0 Å². The summed E-state index contributed by atoms with van der Waals surface area (Å²) in [5.74, 6) is 0.227. The van der Waals surface area contributed by atoms with Crippen molar-refractivity contribution in [1.82, 2.24) is 9.97 Å². The van der Waals surface area contributed by atoms with Gasteiger partial charge in [-0.15, -0.1) is 11.8 Å². The van der Waals surface area contributed by atoms with Crippen LogP contribution in [0.25, 0.3) is 0 Å². The molecule has 12 heavy (non-hydrogen) atoms. The molecule has 0 radical (unpaired) electrons. The molecule has 0 aliphatic heterocycles. The van der Waals surface area contributed by atoms with Crippen LogP contribution in [0.4, 0.5) is 5.95 Å². The van der Waals surface area contributed by atoms with Gasteiger partial charge in [0.05, 0.1) is 0 Å². The molecule has 1 rings (SSSR count). The third-order valence-electron chi connectivity index (χ3n) is 1.05. The lowest BCUT2D eigenvalue weighted by Crippen LogP contribution is -1.97. The summed E-state index contributed by atoms with van der Waals surface area (Å²) < 4.78 is 0. The van der Waals surface area contributed by atoms with Crippen LogP contribution in [0.3, 0.4) is 0 Å². The quantitative estimate of drug-likeness (QED) is 0.592. The molecule has 0 amide bonds. The van der Waals surface area contributed by atoms with Crippen molar-refractivity contribution in [3.63, 3.8) is 0 Å². The van der Waals surface area contributed by atoms with Gasteiger partial charge >= 0.3 is 0 Å². The second kappa shape index (κ2) is 3.96. The van der Waals surface area contributed by atoms with Crippen LogP contribution in [0.1, 0.15) is 13.8 Å². The first-order valence-corrected chi connectivity index (χ1v) is 4.80. The van der Waals surface area contributed by atoms with Crippen LogP contribution in [0.2, 0.25) is 5.15 Å². The number of hydrogen-bond acceptors (Lipinski definition) is 4. The summed E-state index contributed by atoms with van der Waals surface area (Å²) >= 11 is 7.30. The Labute approximate surface area is 80.7 Å². The van der Waals surface area contributed by atoms with Crippen molar-refractivity contribution in [1.29, 1.82) is 0 Å². The molecular formula is C7H10ClN3S. The SMILES string of the molecule is CC(C)Sc1cc(Cl)nc(N)n1. The minimum atomic E-state index is 0.227. The average Bonchev–Trinajstić information content (AvgIpc) is 1.81. The van der Waals surface area contributed by atoms with E-state index in [2.05, 4.69) is 23.8 Å². The summed E-state index contributed by atoms with van der Waals surface area (Å²) in [4.78, 5) is 7.78. The highest BCUT2D eigenvalue weighted by Crippen LogP contribution is 2.23. The zero-order chi connectivity index (χ0) is 9.14. The summed E-state index contributed by atoms with van der Waals surface area (Å²) in [6.45, 7) is 4.16. The van der Waals surface area contributed by atoms with Gasteiger partial charge in [0.2, 0.25) is 5.95 Å². The Bertz CT molecular complexity index is 257. The van der Waals surface area contributed by atoms with Gasteiger partial charge in [-0.25, -0.2) is 9.97 Å². The number of aromatic nitrogens is 2. The molecule has 0 bridgehead atoms. The minimum Gasteiger partial charge on any atom is -0.368 e. The van der Waals surface area contributed by atoms with Gasteiger partial charge in [-0.1, -0.05) is 25.4 Å². The van der Waals surface area contributed by atoms with Crippen LogP contribution in [0, 0.1) is 0 Å². The molecule has 1 aromatic heterocycles. The fourth-order valence-corrected chi connectivity index (χ4v) is 1.78. The minimum absolute atomic E-state index is 0.227. The molecule has 0 aromatic carbocycles. The van der Waals surface area contributed by atoms with Gasteiger partial charge in [-0.05, 0) is 0 Å². The van der Waals surface area contributed by atoms with Gasteiger partial charge < -0.3 is 5.73 Å². The normalized spacial score (nSPS) is 10.7. The summed E-state index contributed by atoms with van der Waals surface area (Å²) in [7, 11) is 0. The number of nitrogens with two attached hydrogens (primary N) is 1.